The lowest BCUT2D eigenvalue weighted by Crippen LogP contribution is -2.28. The monoisotopic (exact) mass is 590 g/mol. The second kappa shape index (κ2) is 13.3. The summed E-state index contributed by atoms with van der Waals surface area (Å²) in [7, 11) is 1.56. The van der Waals surface area contributed by atoms with E-state index in [0.29, 0.717) is 41.1 Å². The van der Waals surface area contributed by atoms with E-state index < -0.39 is 18.0 Å². The number of hydrogen-bond acceptors (Lipinski definition) is 8. The summed E-state index contributed by atoms with van der Waals surface area (Å²) in [5, 5.41) is 10.0. The molecule has 8 nitrogen and oxygen atoms in total. The zero-order valence-corrected chi connectivity index (χ0v) is 25.1. The smallest absolute Gasteiger partial charge is 0.352 e. The van der Waals surface area contributed by atoms with E-state index in [1.165, 1.54) is 5.56 Å². The van der Waals surface area contributed by atoms with Gasteiger partial charge in [0, 0.05) is 11.6 Å². The van der Waals surface area contributed by atoms with Gasteiger partial charge in [-0.1, -0.05) is 68.4 Å². The maximum Gasteiger partial charge on any atom is 0.352 e. The van der Waals surface area contributed by atoms with Crippen LogP contribution in [-0.2, 0) is 11.4 Å². The molecule has 8 heteroatoms. The first-order chi connectivity index (χ1) is 21.3. The molecule has 2 unspecified atom stereocenters. The molecule has 224 valence electrons. The van der Waals surface area contributed by atoms with Crippen molar-refractivity contribution in [2.45, 2.75) is 45.3 Å². The minimum absolute atomic E-state index is 0.0293. The van der Waals surface area contributed by atoms with Crippen LogP contribution < -0.4 is 29.4 Å². The molecule has 5 rings (SSSR count). The fourth-order valence-electron chi connectivity index (χ4n) is 4.94. The van der Waals surface area contributed by atoms with Crippen LogP contribution in [0, 0.1) is 11.3 Å². The summed E-state index contributed by atoms with van der Waals surface area (Å²) in [6, 6.07) is 30.1. The van der Waals surface area contributed by atoms with Gasteiger partial charge >= 0.3 is 5.97 Å². The predicted molar refractivity (Wildman–Crippen MR) is 166 cm³/mol. The molecule has 0 aromatic heterocycles. The number of carbonyl (C=O) groups excluding carboxylic acids is 1. The fraction of sp³-hybridized carbons (Fsp3) is 0.222. The Morgan fingerprint density at radius 1 is 0.932 bits per heavy atom. The molecule has 2 N–H and O–H groups in total. The van der Waals surface area contributed by atoms with Gasteiger partial charge in [0.25, 0.3) is 0 Å². The van der Waals surface area contributed by atoms with Crippen molar-refractivity contribution < 1.29 is 28.5 Å². The van der Waals surface area contributed by atoms with Crippen LogP contribution in [0.5, 0.6) is 28.7 Å². The highest BCUT2D eigenvalue weighted by Gasteiger charge is 2.32. The van der Waals surface area contributed by atoms with E-state index in [1.807, 2.05) is 72.8 Å². The van der Waals surface area contributed by atoms with E-state index in [1.54, 1.807) is 32.2 Å². The van der Waals surface area contributed by atoms with Crippen molar-refractivity contribution in [2.24, 2.45) is 5.73 Å². The standard InChI is InChI=1S/C36H34N2O6/c1-22(2)25-10-13-27(14-11-25)42-23(3)36(39)43-28-15-16-29-32(19-28)44-35(38)30(20-37)34(29)26-12-17-31(33(18-26)40-4)41-21-24-8-6-5-7-9-24/h5-19,22-23,34H,21,38H2,1-4H3. The van der Waals surface area contributed by atoms with Crippen LogP contribution in [0.15, 0.2) is 102 Å². The van der Waals surface area contributed by atoms with Gasteiger partial charge in [0.05, 0.1) is 13.0 Å². The molecule has 4 aromatic carbocycles. The number of methoxy groups -OCH3 is 1. The largest absolute Gasteiger partial charge is 0.493 e. The number of allylic oxidation sites excluding steroid dienone is 1. The van der Waals surface area contributed by atoms with Gasteiger partial charge in [-0.15, -0.1) is 0 Å². The highest BCUT2D eigenvalue weighted by molar-refractivity contribution is 5.77. The quantitative estimate of drug-likeness (QED) is 0.155. The Balaban J connectivity index is 1.35. The summed E-state index contributed by atoms with van der Waals surface area (Å²) < 4.78 is 28.9. The zero-order valence-electron chi connectivity index (χ0n) is 25.1. The molecule has 0 saturated carbocycles. The van der Waals surface area contributed by atoms with Gasteiger partial charge in [0.2, 0.25) is 5.88 Å². The third-order valence-corrected chi connectivity index (χ3v) is 7.36. The number of nitrogens with two attached hydrogens (primary N) is 1. The molecule has 1 aliphatic rings. The number of fused-ring (bicyclic) bond motifs is 1. The van der Waals surface area contributed by atoms with Gasteiger partial charge in [-0.05, 0) is 59.9 Å². The molecular weight excluding hydrogens is 556 g/mol. The maximum atomic E-state index is 12.9. The normalized spacial score (nSPS) is 14.6. The van der Waals surface area contributed by atoms with Crippen LogP contribution in [-0.4, -0.2) is 19.2 Å². The highest BCUT2D eigenvalue weighted by Crippen LogP contribution is 2.45. The van der Waals surface area contributed by atoms with Crippen molar-refractivity contribution in [1.82, 2.24) is 0 Å². The molecule has 0 saturated heterocycles. The van der Waals surface area contributed by atoms with Gasteiger partial charge < -0.3 is 29.4 Å². The molecule has 0 amide bonds. The van der Waals surface area contributed by atoms with Crippen molar-refractivity contribution in [3.63, 3.8) is 0 Å². The summed E-state index contributed by atoms with van der Waals surface area (Å²) in [4.78, 5) is 12.9. The summed E-state index contributed by atoms with van der Waals surface area (Å²) in [6.45, 7) is 6.23. The lowest BCUT2D eigenvalue weighted by molar-refractivity contribution is -0.141. The van der Waals surface area contributed by atoms with Crippen molar-refractivity contribution in [1.29, 1.82) is 5.26 Å². The van der Waals surface area contributed by atoms with Crippen LogP contribution in [0.25, 0.3) is 0 Å². The number of hydrogen-bond donors (Lipinski definition) is 1. The second-order valence-corrected chi connectivity index (χ2v) is 10.7. The lowest BCUT2D eigenvalue weighted by Gasteiger charge is -2.27. The van der Waals surface area contributed by atoms with Crippen LogP contribution in [0.3, 0.4) is 0 Å². The van der Waals surface area contributed by atoms with Gasteiger partial charge in [0.15, 0.2) is 17.6 Å². The Morgan fingerprint density at radius 2 is 1.66 bits per heavy atom. The number of ether oxygens (including phenoxy) is 5. The Bertz CT molecular complexity index is 1710. The summed E-state index contributed by atoms with van der Waals surface area (Å²) >= 11 is 0. The molecular formula is C36H34N2O6. The number of rotatable bonds is 10. The number of benzene rings is 4. The van der Waals surface area contributed by atoms with Crippen molar-refractivity contribution >= 4 is 5.97 Å². The SMILES string of the molecule is COc1cc(C2C(C#N)=C(N)Oc3cc(OC(=O)C(C)Oc4ccc(C(C)C)cc4)ccc32)ccc1OCc1ccccc1. The van der Waals surface area contributed by atoms with E-state index in [2.05, 4.69) is 19.9 Å². The number of carbonyl (C=O) groups is 1. The number of nitriles is 1. The zero-order chi connectivity index (χ0) is 31.2. The van der Waals surface area contributed by atoms with Crippen LogP contribution in [0.2, 0.25) is 0 Å². The summed E-state index contributed by atoms with van der Waals surface area (Å²) in [5.74, 6) is 1.54. The molecule has 0 spiro atoms. The topological polar surface area (TPSA) is 113 Å². The predicted octanol–water partition coefficient (Wildman–Crippen LogP) is 6.99. The average Bonchev–Trinajstić information content (AvgIpc) is 3.03. The summed E-state index contributed by atoms with van der Waals surface area (Å²) in [6.07, 6.45) is -0.852. The molecule has 0 bridgehead atoms. The molecule has 4 aromatic rings. The van der Waals surface area contributed by atoms with E-state index in [9.17, 15) is 10.1 Å². The lowest BCUT2D eigenvalue weighted by atomic mass is 9.83. The first-order valence-electron chi connectivity index (χ1n) is 14.3. The van der Waals surface area contributed by atoms with Crippen molar-refractivity contribution in [3.05, 3.63) is 125 Å². The molecule has 1 heterocycles. The Labute approximate surface area is 257 Å². The second-order valence-electron chi connectivity index (χ2n) is 10.7. The van der Waals surface area contributed by atoms with E-state index in [-0.39, 0.29) is 17.2 Å². The molecule has 1 aliphatic heterocycles. The van der Waals surface area contributed by atoms with Gasteiger partial charge in [-0.3, -0.25) is 0 Å². The van der Waals surface area contributed by atoms with Gasteiger partial charge in [0.1, 0.15) is 35.5 Å². The third-order valence-electron chi connectivity index (χ3n) is 7.36. The molecule has 0 radical (unpaired) electrons. The Morgan fingerprint density at radius 3 is 2.34 bits per heavy atom. The molecule has 0 aliphatic carbocycles. The van der Waals surface area contributed by atoms with Gasteiger partial charge in [-0.25, -0.2) is 4.79 Å². The van der Waals surface area contributed by atoms with E-state index in [0.717, 1.165) is 11.1 Å². The Kier molecular flexibility index (Phi) is 9.06. The third kappa shape index (κ3) is 6.63. The van der Waals surface area contributed by atoms with E-state index >= 15 is 0 Å². The molecule has 44 heavy (non-hydrogen) atoms. The first kappa shape index (κ1) is 30.1. The highest BCUT2D eigenvalue weighted by atomic mass is 16.6. The van der Waals surface area contributed by atoms with Crippen LogP contribution >= 0.6 is 0 Å². The van der Waals surface area contributed by atoms with E-state index in [4.69, 9.17) is 29.4 Å². The maximum absolute atomic E-state index is 12.9. The minimum atomic E-state index is -0.852. The van der Waals surface area contributed by atoms with Crippen molar-refractivity contribution in [3.8, 4) is 34.8 Å². The minimum Gasteiger partial charge on any atom is -0.493 e. The fourth-order valence-corrected chi connectivity index (χ4v) is 4.94. The summed E-state index contributed by atoms with van der Waals surface area (Å²) in [5.41, 5.74) is 10.1. The number of esters is 1. The van der Waals surface area contributed by atoms with Crippen molar-refractivity contribution in [2.75, 3.05) is 7.11 Å². The molecule has 0 fully saturated rings. The molecule has 2 atom stereocenters. The average molecular weight is 591 g/mol. The Hall–Kier alpha value is -5.42. The van der Waals surface area contributed by atoms with Crippen LogP contribution in [0.4, 0.5) is 0 Å². The van der Waals surface area contributed by atoms with Gasteiger partial charge in [-0.2, -0.15) is 5.26 Å². The van der Waals surface area contributed by atoms with Crippen LogP contribution in [0.1, 0.15) is 54.9 Å². The first-order valence-corrected chi connectivity index (χ1v) is 14.3. The number of nitrogens with zero attached hydrogens (tertiary/aromatic N) is 1.